The minimum Gasteiger partial charge on any atom is -0.444 e. The predicted molar refractivity (Wildman–Crippen MR) is 151 cm³/mol. The van der Waals surface area contributed by atoms with Gasteiger partial charge in [0.15, 0.2) is 0 Å². The summed E-state index contributed by atoms with van der Waals surface area (Å²) in [5.74, 6) is -0.700. The topological polar surface area (TPSA) is 190 Å². The number of rotatable bonds is 15. The fraction of sp³-hybridized carbons (Fsp3) is 0.593. The van der Waals surface area contributed by atoms with Gasteiger partial charge in [0.1, 0.15) is 11.6 Å². The van der Waals surface area contributed by atoms with E-state index in [0.717, 1.165) is 5.56 Å². The normalized spacial score (nSPS) is 13.8. The van der Waals surface area contributed by atoms with Gasteiger partial charge in [-0.2, -0.15) is 5.10 Å². The molecule has 0 fully saturated rings. The van der Waals surface area contributed by atoms with Crippen molar-refractivity contribution in [3.05, 3.63) is 35.9 Å². The third-order valence-electron chi connectivity index (χ3n) is 5.34. The van der Waals surface area contributed by atoms with Gasteiger partial charge < -0.3 is 32.2 Å². The van der Waals surface area contributed by atoms with E-state index in [1.54, 1.807) is 20.8 Å². The van der Waals surface area contributed by atoms with Gasteiger partial charge in [-0.1, -0.05) is 44.2 Å². The summed E-state index contributed by atoms with van der Waals surface area (Å²) in [6.07, 6.45) is 3.31. The number of nitrogens with zero attached hydrogens (tertiary/aromatic N) is 1. The summed E-state index contributed by atoms with van der Waals surface area (Å²) in [4.78, 5) is 48.8. The van der Waals surface area contributed by atoms with Crippen LogP contribution in [0.4, 0.5) is 9.59 Å². The number of nitrogens with one attached hydrogen (secondary N) is 4. The van der Waals surface area contributed by atoms with Gasteiger partial charge in [0.2, 0.25) is 11.8 Å². The van der Waals surface area contributed by atoms with Crippen LogP contribution >= 0.6 is 0 Å². The summed E-state index contributed by atoms with van der Waals surface area (Å²) in [6.45, 7) is 9.63. The highest BCUT2D eigenvalue weighted by atomic mass is 16.6. The number of hydrogen-bond donors (Lipinski definition) is 6. The van der Waals surface area contributed by atoms with Crippen LogP contribution in [0.5, 0.6) is 0 Å². The van der Waals surface area contributed by atoms with E-state index in [1.165, 1.54) is 6.21 Å². The quantitative estimate of drug-likeness (QED) is 0.110. The van der Waals surface area contributed by atoms with Gasteiger partial charge in [-0.25, -0.2) is 15.0 Å². The average Bonchev–Trinajstić information content (AvgIpc) is 2.82. The van der Waals surface area contributed by atoms with E-state index in [0.29, 0.717) is 38.6 Å². The second-order valence-corrected chi connectivity index (χ2v) is 10.8. The molecule has 3 atom stereocenters. The molecule has 0 saturated heterocycles. The summed E-state index contributed by atoms with van der Waals surface area (Å²) >= 11 is 0. The molecule has 218 valence electrons. The number of urea groups is 1. The number of nitrogens with two attached hydrogens (primary N) is 2. The highest BCUT2D eigenvalue weighted by molar-refractivity contribution is 5.91. The highest BCUT2D eigenvalue weighted by Crippen LogP contribution is 2.09. The van der Waals surface area contributed by atoms with Crippen molar-refractivity contribution in [3.8, 4) is 0 Å². The monoisotopic (exact) mass is 547 g/mol. The van der Waals surface area contributed by atoms with Crippen LogP contribution in [0.15, 0.2) is 35.4 Å². The number of alkyl carbamates (subject to hydrolysis) is 1. The Kier molecular flexibility index (Phi) is 14.6. The van der Waals surface area contributed by atoms with E-state index in [-0.39, 0.29) is 5.92 Å². The van der Waals surface area contributed by atoms with Crippen LogP contribution in [0, 0.1) is 5.92 Å². The first kappa shape index (κ1) is 33.4. The SMILES string of the molecule is CC(C)C[C@H](NC(=O)[C@@H](N)Cc1ccccc1)C(=O)N[C@H](/C=N/NC(N)=O)CCCCNC(=O)OC(C)(C)C. The van der Waals surface area contributed by atoms with Gasteiger partial charge in [-0.05, 0) is 64.4 Å². The van der Waals surface area contributed by atoms with Crippen molar-refractivity contribution in [1.82, 2.24) is 21.4 Å². The van der Waals surface area contributed by atoms with Gasteiger partial charge >= 0.3 is 12.1 Å². The number of carbonyl (C=O) groups is 4. The minimum atomic E-state index is -0.838. The number of carbonyl (C=O) groups excluding carboxylic acids is 4. The zero-order chi connectivity index (χ0) is 29.4. The standard InChI is InChI=1S/C27H45N7O5/c1-18(2)15-22(33-23(35)21(28)16-19-11-7-6-8-12-19)24(36)32-20(17-31-34-25(29)37)13-9-10-14-30-26(38)39-27(3,4)5/h6-8,11-12,17-18,20-22H,9-10,13-16,28H2,1-5H3,(H,30,38)(H,32,36)(H,33,35)(H3,29,34,37)/b31-17+/t20-,21-,22-/m0/s1. The molecule has 0 heterocycles. The lowest BCUT2D eigenvalue weighted by Crippen LogP contribution is -2.54. The molecule has 0 unspecified atom stereocenters. The Bertz CT molecular complexity index is 948. The first-order valence-corrected chi connectivity index (χ1v) is 13.2. The first-order valence-electron chi connectivity index (χ1n) is 13.2. The number of unbranched alkanes of at least 4 members (excludes halogenated alkanes) is 1. The molecule has 0 saturated carbocycles. The maximum Gasteiger partial charge on any atom is 0.407 e. The van der Waals surface area contributed by atoms with E-state index in [2.05, 4.69) is 26.5 Å². The summed E-state index contributed by atoms with van der Waals surface area (Å²) in [7, 11) is 0. The second-order valence-electron chi connectivity index (χ2n) is 10.8. The van der Waals surface area contributed by atoms with Crippen LogP contribution in [0.1, 0.15) is 65.9 Å². The number of primary amides is 1. The van der Waals surface area contributed by atoms with E-state index < -0.39 is 47.7 Å². The molecule has 0 bridgehead atoms. The smallest absolute Gasteiger partial charge is 0.407 e. The van der Waals surface area contributed by atoms with Crippen LogP contribution in [0.3, 0.4) is 0 Å². The molecule has 0 aliphatic rings. The molecule has 5 amide bonds. The van der Waals surface area contributed by atoms with Crippen molar-refractivity contribution in [1.29, 1.82) is 0 Å². The summed E-state index contributed by atoms with van der Waals surface area (Å²) in [6, 6.07) is 6.38. The summed E-state index contributed by atoms with van der Waals surface area (Å²) < 4.78 is 5.21. The molecular weight excluding hydrogens is 502 g/mol. The Labute approximate surface area is 231 Å². The molecule has 12 nitrogen and oxygen atoms in total. The van der Waals surface area contributed by atoms with Crippen molar-refractivity contribution in [2.75, 3.05) is 6.54 Å². The molecule has 39 heavy (non-hydrogen) atoms. The fourth-order valence-corrected chi connectivity index (χ4v) is 3.59. The zero-order valence-corrected chi connectivity index (χ0v) is 23.7. The average molecular weight is 548 g/mol. The van der Waals surface area contributed by atoms with Gasteiger partial charge in [0.25, 0.3) is 0 Å². The third kappa shape index (κ3) is 16.0. The lowest BCUT2D eigenvalue weighted by atomic mass is 10.0. The van der Waals surface area contributed by atoms with Crippen LogP contribution in [0.25, 0.3) is 0 Å². The summed E-state index contributed by atoms with van der Waals surface area (Å²) in [5, 5.41) is 12.1. The number of ether oxygens (including phenoxy) is 1. The number of amides is 5. The molecule has 12 heteroatoms. The largest absolute Gasteiger partial charge is 0.444 e. The summed E-state index contributed by atoms with van der Waals surface area (Å²) in [5.41, 5.74) is 13.6. The van der Waals surface area contributed by atoms with Crippen LogP contribution < -0.4 is 32.8 Å². The van der Waals surface area contributed by atoms with Crippen molar-refractivity contribution >= 4 is 30.2 Å². The van der Waals surface area contributed by atoms with Crippen LogP contribution in [0.2, 0.25) is 0 Å². The third-order valence-corrected chi connectivity index (χ3v) is 5.34. The Balaban J connectivity index is 2.75. The molecule has 8 N–H and O–H groups in total. The fourth-order valence-electron chi connectivity index (χ4n) is 3.59. The number of hydrazone groups is 1. The Morgan fingerprint density at radius 3 is 2.28 bits per heavy atom. The number of hydrogen-bond acceptors (Lipinski definition) is 7. The maximum absolute atomic E-state index is 13.2. The molecule has 0 aromatic heterocycles. The van der Waals surface area contributed by atoms with Crippen molar-refractivity contribution in [2.45, 2.75) is 90.4 Å². The maximum atomic E-state index is 13.2. The van der Waals surface area contributed by atoms with E-state index in [9.17, 15) is 19.2 Å². The molecule has 0 aliphatic heterocycles. The Hall–Kier alpha value is -3.67. The molecule has 0 aliphatic carbocycles. The van der Waals surface area contributed by atoms with Crippen molar-refractivity contribution < 1.29 is 23.9 Å². The van der Waals surface area contributed by atoms with Gasteiger partial charge in [-0.15, -0.1) is 0 Å². The Morgan fingerprint density at radius 1 is 1.03 bits per heavy atom. The minimum absolute atomic E-state index is 0.119. The molecule has 1 aromatic carbocycles. The van der Waals surface area contributed by atoms with Crippen molar-refractivity contribution in [2.24, 2.45) is 22.5 Å². The molecule has 0 radical (unpaired) electrons. The van der Waals surface area contributed by atoms with E-state index in [4.69, 9.17) is 16.2 Å². The lowest BCUT2D eigenvalue weighted by Gasteiger charge is -2.24. The van der Waals surface area contributed by atoms with Crippen molar-refractivity contribution in [3.63, 3.8) is 0 Å². The Morgan fingerprint density at radius 2 is 1.69 bits per heavy atom. The van der Waals surface area contributed by atoms with E-state index in [1.807, 2.05) is 44.2 Å². The lowest BCUT2D eigenvalue weighted by molar-refractivity contribution is -0.130. The van der Waals surface area contributed by atoms with E-state index >= 15 is 0 Å². The molecule has 1 rings (SSSR count). The van der Waals surface area contributed by atoms with Gasteiger partial charge in [0, 0.05) is 12.8 Å². The van der Waals surface area contributed by atoms with Crippen LogP contribution in [-0.4, -0.2) is 60.4 Å². The van der Waals surface area contributed by atoms with Crippen LogP contribution in [-0.2, 0) is 20.7 Å². The molecule has 0 spiro atoms. The highest BCUT2D eigenvalue weighted by Gasteiger charge is 2.26. The number of benzene rings is 1. The predicted octanol–water partition coefficient (Wildman–Crippen LogP) is 1.92. The van der Waals surface area contributed by atoms with Gasteiger partial charge in [0.05, 0.1) is 12.1 Å². The molecule has 1 aromatic rings. The van der Waals surface area contributed by atoms with Gasteiger partial charge in [-0.3, -0.25) is 9.59 Å². The second kappa shape index (κ2) is 17.0. The molecular formula is C27H45N7O5. The first-order chi connectivity index (χ1) is 18.3. The zero-order valence-electron chi connectivity index (χ0n) is 23.7.